The van der Waals surface area contributed by atoms with Crippen LogP contribution < -0.4 is 0 Å². The van der Waals surface area contributed by atoms with Gasteiger partial charge in [0.1, 0.15) is 0 Å². The van der Waals surface area contributed by atoms with Gasteiger partial charge in [-0.25, -0.2) is 0 Å². The first-order chi connectivity index (χ1) is 7.59. The van der Waals surface area contributed by atoms with Crippen molar-refractivity contribution in [1.29, 1.82) is 0 Å². The summed E-state index contributed by atoms with van der Waals surface area (Å²) in [7, 11) is 0. The Bertz CT molecular complexity index is 336. The van der Waals surface area contributed by atoms with Crippen molar-refractivity contribution in [2.45, 2.75) is 19.3 Å². The van der Waals surface area contributed by atoms with Crippen molar-refractivity contribution >= 4 is 27.8 Å². The summed E-state index contributed by atoms with van der Waals surface area (Å²) < 4.78 is 1.01. The van der Waals surface area contributed by atoms with Gasteiger partial charge in [-0.05, 0) is 10.9 Å². The SMILES string of the molecule is O=C(O)CCN1CC/C(Br)=C\C=C/CC1=O. The van der Waals surface area contributed by atoms with Gasteiger partial charge in [-0.3, -0.25) is 9.59 Å². The molecule has 0 radical (unpaired) electrons. The van der Waals surface area contributed by atoms with Gasteiger partial charge in [0, 0.05) is 19.5 Å². The topological polar surface area (TPSA) is 57.6 Å². The minimum atomic E-state index is -0.877. The van der Waals surface area contributed by atoms with Crippen molar-refractivity contribution in [1.82, 2.24) is 4.90 Å². The second kappa shape index (κ2) is 6.48. The average molecular weight is 288 g/mol. The number of carboxylic acids is 1. The molecule has 0 atom stereocenters. The lowest BCUT2D eigenvalue weighted by Gasteiger charge is -2.20. The largest absolute Gasteiger partial charge is 0.481 e. The van der Waals surface area contributed by atoms with Crippen LogP contribution in [0.5, 0.6) is 0 Å². The molecule has 0 bridgehead atoms. The van der Waals surface area contributed by atoms with Crippen LogP contribution >= 0.6 is 15.9 Å². The Kier molecular flexibility index (Phi) is 5.25. The van der Waals surface area contributed by atoms with Crippen LogP contribution in [0.25, 0.3) is 0 Å². The van der Waals surface area contributed by atoms with E-state index in [1.165, 1.54) is 0 Å². The van der Waals surface area contributed by atoms with Crippen LogP contribution in [-0.2, 0) is 9.59 Å². The molecule has 5 heteroatoms. The highest BCUT2D eigenvalue weighted by Gasteiger charge is 2.14. The zero-order chi connectivity index (χ0) is 12.0. The highest BCUT2D eigenvalue weighted by molar-refractivity contribution is 9.11. The van der Waals surface area contributed by atoms with Crippen molar-refractivity contribution in [2.75, 3.05) is 13.1 Å². The predicted octanol–water partition coefficient (Wildman–Crippen LogP) is 1.92. The second-order valence-electron chi connectivity index (χ2n) is 3.52. The van der Waals surface area contributed by atoms with Crippen LogP contribution in [0.4, 0.5) is 0 Å². The summed E-state index contributed by atoms with van der Waals surface area (Å²) in [6.07, 6.45) is 6.57. The number of carboxylic acid groups (broad SMARTS) is 1. The first-order valence-corrected chi connectivity index (χ1v) is 5.89. The molecule has 0 aliphatic carbocycles. The molecule has 0 saturated carbocycles. The van der Waals surface area contributed by atoms with Gasteiger partial charge >= 0.3 is 5.97 Å². The lowest BCUT2D eigenvalue weighted by atomic mass is 10.3. The predicted molar refractivity (Wildman–Crippen MR) is 64.2 cm³/mol. The monoisotopic (exact) mass is 287 g/mol. The van der Waals surface area contributed by atoms with Gasteiger partial charge in [0.05, 0.1) is 6.42 Å². The highest BCUT2D eigenvalue weighted by Crippen LogP contribution is 2.14. The molecule has 4 nitrogen and oxygen atoms in total. The molecule has 1 heterocycles. The molecule has 0 unspecified atom stereocenters. The van der Waals surface area contributed by atoms with E-state index >= 15 is 0 Å². The summed E-state index contributed by atoms with van der Waals surface area (Å²) in [6, 6.07) is 0. The second-order valence-corrected chi connectivity index (χ2v) is 4.54. The Morgan fingerprint density at radius 1 is 1.56 bits per heavy atom. The normalized spacial score (nSPS) is 22.7. The maximum absolute atomic E-state index is 11.7. The van der Waals surface area contributed by atoms with E-state index in [-0.39, 0.29) is 18.9 Å². The van der Waals surface area contributed by atoms with Crippen LogP contribution in [0.2, 0.25) is 0 Å². The molecule has 1 N–H and O–H groups in total. The van der Waals surface area contributed by atoms with Gasteiger partial charge in [0.25, 0.3) is 0 Å². The summed E-state index contributed by atoms with van der Waals surface area (Å²) in [4.78, 5) is 23.7. The molecule has 0 aromatic heterocycles. The van der Waals surface area contributed by atoms with Crippen LogP contribution in [-0.4, -0.2) is 35.0 Å². The molecule has 88 valence electrons. The van der Waals surface area contributed by atoms with Gasteiger partial charge in [-0.1, -0.05) is 34.2 Å². The fraction of sp³-hybridized carbons (Fsp3) is 0.455. The van der Waals surface area contributed by atoms with Gasteiger partial charge in [0.2, 0.25) is 5.91 Å². The van der Waals surface area contributed by atoms with Gasteiger partial charge in [0.15, 0.2) is 0 Å². The van der Waals surface area contributed by atoms with Crippen LogP contribution in [0.3, 0.4) is 0 Å². The lowest BCUT2D eigenvalue weighted by Crippen LogP contribution is -2.33. The molecule has 1 amide bonds. The van der Waals surface area contributed by atoms with E-state index in [9.17, 15) is 9.59 Å². The van der Waals surface area contributed by atoms with Crippen LogP contribution in [0, 0.1) is 0 Å². The first-order valence-electron chi connectivity index (χ1n) is 5.10. The molecular formula is C11H14BrNO3. The Balaban J connectivity index is 2.59. The number of amides is 1. The number of allylic oxidation sites excluding steroid dienone is 2. The number of hydrogen-bond donors (Lipinski definition) is 1. The Hall–Kier alpha value is -1.10. The van der Waals surface area contributed by atoms with Crippen LogP contribution in [0.1, 0.15) is 19.3 Å². The van der Waals surface area contributed by atoms with E-state index in [0.29, 0.717) is 13.0 Å². The van der Waals surface area contributed by atoms with Crippen molar-refractivity contribution in [2.24, 2.45) is 0 Å². The molecule has 0 fully saturated rings. The zero-order valence-corrected chi connectivity index (χ0v) is 10.4. The van der Waals surface area contributed by atoms with Gasteiger partial charge in [-0.15, -0.1) is 0 Å². The highest BCUT2D eigenvalue weighted by atomic mass is 79.9. The van der Waals surface area contributed by atoms with Gasteiger partial charge in [-0.2, -0.15) is 0 Å². The Morgan fingerprint density at radius 3 is 3.00 bits per heavy atom. The summed E-state index contributed by atoms with van der Waals surface area (Å²) >= 11 is 3.39. The molecule has 0 spiro atoms. The third kappa shape index (κ3) is 4.61. The fourth-order valence-corrected chi connectivity index (χ4v) is 1.72. The lowest BCUT2D eigenvalue weighted by molar-refractivity contribution is -0.138. The minimum Gasteiger partial charge on any atom is -0.481 e. The molecule has 0 aromatic carbocycles. The number of hydrogen-bond acceptors (Lipinski definition) is 2. The molecule has 0 aromatic rings. The summed E-state index contributed by atoms with van der Waals surface area (Å²) in [6.45, 7) is 0.840. The minimum absolute atomic E-state index is 0.00319. The Labute approximate surface area is 103 Å². The number of halogens is 1. The van der Waals surface area contributed by atoms with E-state index in [1.54, 1.807) is 11.0 Å². The molecule has 1 aliphatic heterocycles. The molecule has 16 heavy (non-hydrogen) atoms. The van der Waals surface area contributed by atoms with Gasteiger partial charge < -0.3 is 10.0 Å². The third-order valence-electron chi connectivity index (χ3n) is 2.27. The Morgan fingerprint density at radius 2 is 2.31 bits per heavy atom. The maximum atomic E-state index is 11.7. The number of nitrogens with zero attached hydrogens (tertiary/aromatic N) is 1. The standard InChI is InChI=1S/C11H14BrNO3/c12-9-3-1-2-4-10(14)13(7-5-9)8-6-11(15)16/h1-3H,4-8H2,(H,15,16)/b2-1-,9-3+. The van der Waals surface area contributed by atoms with E-state index in [0.717, 1.165) is 10.9 Å². The molecule has 0 saturated heterocycles. The third-order valence-corrected chi connectivity index (χ3v) is 2.94. The number of rotatable bonds is 3. The number of aliphatic carboxylic acids is 1. The average Bonchev–Trinajstić information content (AvgIpc) is 2.29. The van der Waals surface area contributed by atoms with Crippen molar-refractivity contribution < 1.29 is 14.7 Å². The fourth-order valence-electron chi connectivity index (χ4n) is 1.39. The van der Waals surface area contributed by atoms with E-state index < -0.39 is 5.97 Å². The van der Waals surface area contributed by atoms with E-state index in [4.69, 9.17) is 5.11 Å². The van der Waals surface area contributed by atoms with Crippen molar-refractivity contribution in [3.8, 4) is 0 Å². The summed E-state index contributed by atoms with van der Waals surface area (Å²) in [5.41, 5.74) is 0. The van der Waals surface area contributed by atoms with Crippen LogP contribution in [0.15, 0.2) is 22.7 Å². The quantitative estimate of drug-likeness (QED) is 0.863. The summed E-state index contributed by atoms with van der Waals surface area (Å²) in [5, 5.41) is 8.59. The smallest absolute Gasteiger partial charge is 0.305 e. The zero-order valence-electron chi connectivity index (χ0n) is 8.86. The number of carbonyl (C=O) groups is 2. The summed E-state index contributed by atoms with van der Waals surface area (Å²) in [5.74, 6) is -0.897. The number of carbonyl (C=O) groups excluding carboxylic acids is 1. The molecule has 1 rings (SSSR count). The molecule has 1 aliphatic rings. The molecular weight excluding hydrogens is 274 g/mol. The van der Waals surface area contributed by atoms with Crippen molar-refractivity contribution in [3.05, 3.63) is 22.7 Å². The first kappa shape index (κ1) is 13.0. The van der Waals surface area contributed by atoms with E-state index in [1.807, 2.05) is 12.2 Å². The van der Waals surface area contributed by atoms with E-state index in [2.05, 4.69) is 15.9 Å². The maximum Gasteiger partial charge on any atom is 0.305 e. The van der Waals surface area contributed by atoms with Crippen molar-refractivity contribution in [3.63, 3.8) is 0 Å².